The molecule has 0 bridgehead atoms. The maximum Gasteiger partial charge on any atom is 0.227 e. The van der Waals surface area contributed by atoms with Gasteiger partial charge in [-0.2, -0.15) is 0 Å². The lowest BCUT2D eigenvalue weighted by Crippen LogP contribution is -2.09. The van der Waals surface area contributed by atoms with E-state index in [9.17, 15) is 0 Å². The normalized spacial score (nSPS) is 11.5. The molecule has 10 aromatic rings. The molecule has 8 aromatic carbocycles. The minimum absolute atomic E-state index is 0.605. The standard InChI is InChI=1S/C47H30N2O2/c1-3-12-34(13-4-1)47-48-43-29-42-41-20-10-19-40(46(41)50-44(42)30-45(43)51-47)33-23-27-37(28-24-33)49(35-15-5-2-6-16-35)36-25-21-32(22-26-36)39-18-9-14-31-11-7-8-17-38(31)39/h1-30H. The molecule has 240 valence electrons. The van der Waals surface area contributed by atoms with Crippen LogP contribution in [0.2, 0.25) is 0 Å². The van der Waals surface area contributed by atoms with Crippen LogP contribution in [0.3, 0.4) is 0 Å². The van der Waals surface area contributed by atoms with Crippen molar-refractivity contribution >= 4 is 60.9 Å². The van der Waals surface area contributed by atoms with E-state index in [1.807, 2.05) is 36.4 Å². The maximum absolute atomic E-state index is 6.55. The van der Waals surface area contributed by atoms with Crippen LogP contribution < -0.4 is 4.90 Å². The highest BCUT2D eigenvalue weighted by atomic mass is 16.4. The first-order chi connectivity index (χ1) is 25.3. The van der Waals surface area contributed by atoms with Crippen LogP contribution in [0.25, 0.3) is 77.5 Å². The highest BCUT2D eigenvalue weighted by Gasteiger charge is 2.18. The quantitative estimate of drug-likeness (QED) is 0.179. The zero-order chi connectivity index (χ0) is 33.7. The Morgan fingerprint density at radius 2 is 0.980 bits per heavy atom. The molecule has 4 nitrogen and oxygen atoms in total. The molecule has 4 heteroatoms. The van der Waals surface area contributed by atoms with Gasteiger partial charge in [0.15, 0.2) is 5.58 Å². The number of para-hydroxylation sites is 2. The number of benzene rings is 8. The van der Waals surface area contributed by atoms with Crippen molar-refractivity contribution in [2.75, 3.05) is 4.90 Å². The molecular weight excluding hydrogens is 625 g/mol. The van der Waals surface area contributed by atoms with Gasteiger partial charge in [0.05, 0.1) is 0 Å². The number of aromatic nitrogens is 1. The number of hydrogen-bond donors (Lipinski definition) is 0. The van der Waals surface area contributed by atoms with E-state index in [1.165, 1.54) is 21.9 Å². The highest BCUT2D eigenvalue weighted by molar-refractivity contribution is 6.12. The summed E-state index contributed by atoms with van der Waals surface area (Å²) in [5.74, 6) is 0.605. The zero-order valence-electron chi connectivity index (χ0n) is 27.5. The summed E-state index contributed by atoms with van der Waals surface area (Å²) in [4.78, 5) is 7.09. The van der Waals surface area contributed by atoms with Crippen molar-refractivity contribution in [2.45, 2.75) is 0 Å². The first-order valence-electron chi connectivity index (χ1n) is 17.1. The van der Waals surface area contributed by atoms with Crippen LogP contribution in [0.5, 0.6) is 0 Å². The summed E-state index contributed by atoms with van der Waals surface area (Å²) < 4.78 is 12.7. The Bertz CT molecular complexity index is 2830. The molecule has 0 aliphatic rings. The Hall–Kier alpha value is -6.91. The van der Waals surface area contributed by atoms with E-state index in [-0.39, 0.29) is 0 Å². The largest absolute Gasteiger partial charge is 0.455 e. The maximum atomic E-state index is 6.55. The first kappa shape index (κ1) is 29.0. The number of anilines is 3. The van der Waals surface area contributed by atoms with Crippen molar-refractivity contribution in [1.82, 2.24) is 4.98 Å². The van der Waals surface area contributed by atoms with Crippen LogP contribution in [-0.2, 0) is 0 Å². The van der Waals surface area contributed by atoms with Gasteiger partial charge in [-0.05, 0) is 82.1 Å². The molecule has 2 aromatic heterocycles. The van der Waals surface area contributed by atoms with Gasteiger partial charge in [0.1, 0.15) is 16.7 Å². The number of furan rings is 1. The summed E-state index contributed by atoms with van der Waals surface area (Å²) in [7, 11) is 0. The van der Waals surface area contributed by atoms with Crippen LogP contribution >= 0.6 is 0 Å². The van der Waals surface area contributed by atoms with Crippen LogP contribution in [0.1, 0.15) is 0 Å². The van der Waals surface area contributed by atoms with Gasteiger partial charge in [-0.1, -0.05) is 121 Å². The van der Waals surface area contributed by atoms with Crippen LogP contribution in [0.15, 0.2) is 191 Å². The van der Waals surface area contributed by atoms with Crippen molar-refractivity contribution in [1.29, 1.82) is 0 Å². The smallest absolute Gasteiger partial charge is 0.227 e. The van der Waals surface area contributed by atoms with E-state index < -0.39 is 0 Å². The number of hydrogen-bond acceptors (Lipinski definition) is 4. The monoisotopic (exact) mass is 654 g/mol. The number of nitrogens with zero attached hydrogens (tertiary/aromatic N) is 2. The lowest BCUT2D eigenvalue weighted by atomic mass is 9.98. The molecule has 0 spiro atoms. The van der Waals surface area contributed by atoms with Crippen LogP contribution in [-0.4, -0.2) is 4.98 Å². The molecule has 0 unspecified atom stereocenters. The molecule has 2 heterocycles. The summed E-state index contributed by atoms with van der Waals surface area (Å²) in [6.45, 7) is 0. The Balaban J connectivity index is 1.01. The second-order valence-electron chi connectivity index (χ2n) is 12.8. The van der Waals surface area contributed by atoms with E-state index in [1.54, 1.807) is 0 Å². The second-order valence-corrected chi connectivity index (χ2v) is 12.8. The minimum atomic E-state index is 0.605. The summed E-state index contributed by atoms with van der Waals surface area (Å²) in [5, 5.41) is 4.57. The topological polar surface area (TPSA) is 42.4 Å². The number of fused-ring (bicyclic) bond motifs is 5. The molecule has 0 saturated carbocycles. The van der Waals surface area contributed by atoms with Gasteiger partial charge in [-0.3, -0.25) is 0 Å². The lowest BCUT2D eigenvalue weighted by molar-refractivity contribution is 0.617. The fourth-order valence-corrected chi connectivity index (χ4v) is 7.23. The van der Waals surface area contributed by atoms with Gasteiger partial charge in [0, 0.05) is 45.0 Å². The molecule has 0 amide bonds. The van der Waals surface area contributed by atoms with Crippen LogP contribution in [0.4, 0.5) is 17.1 Å². The molecule has 0 radical (unpaired) electrons. The molecule has 51 heavy (non-hydrogen) atoms. The first-order valence-corrected chi connectivity index (χ1v) is 17.1. The Kier molecular flexibility index (Phi) is 6.78. The number of oxazole rings is 1. The van der Waals surface area contributed by atoms with E-state index in [4.69, 9.17) is 13.8 Å². The van der Waals surface area contributed by atoms with E-state index in [2.05, 4.69) is 150 Å². The predicted octanol–water partition coefficient (Wildman–Crippen LogP) is 13.4. The average molecular weight is 655 g/mol. The number of rotatable bonds is 6. The van der Waals surface area contributed by atoms with Crippen molar-refractivity contribution < 1.29 is 8.83 Å². The Morgan fingerprint density at radius 3 is 1.75 bits per heavy atom. The van der Waals surface area contributed by atoms with Gasteiger partial charge in [-0.25, -0.2) is 4.98 Å². The van der Waals surface area contributed by atoms with Crippen molar-refractivity contribution in [3.63, 3.8) is 0 Å². The fraction of sp³-hybridized carbons (Fsp3) is 0. The van der Waals surface area contributed by atoms with Gasteiger partial charge in [0.2, 0.25) is 5.89 Å². The van der Waals surface area contributed by atoms with Crippen molar-refractivity contribution in [2.24, 2.45) is 0 Å². The molecule has 0 atom stereocenters. The molecule has 0 aliphatic heterocycles. The third-order valence-corrected chi connectivity index (χ3v) is 9.70. The summed E-state index contributed by atoms with van der Waals surface area (Å²) in [5.41, 5.74) is 11.9. The Labute approximate surface area is 294 Å². The third-order valence-electron chi connectivity index (χ3n) is 9.70. The molecule has 0 fully saturated rings. The van der Waals surface area contributed by atoms with E-state index in [0.29, 0.717) is 11.5 Å². The molecule has 10 rings (SSSR count). The SMILES string of the molecule is c1ccc(-c2nc3cc4c(cc3o2)oc2c(-c3ccc(N(c5ccccc5)c5ccc(-c6cccc7ccccc67)cc5)cc3)cccc24)cc1. The molecule has 0 N–H and O–H groups in total. The lowest BCUT2D eigenvalue weighted by Gasteiger charge is -2.26. The van der Waals surface area contributed by atoms with Gasteiger partial charge >= 0.3 is 0 Å². The zero-order valence-corrected chi connectivity index (χ0v) is 27.5. The predicted molar refractivity (Wildman–Crippen MR) is 210 cm³/mol. The average Bonchev–Trinajstić information content (AvgIpc) is 3.79. The third kappa shape index (κ3) is 5.04. The van der Waals surface area contributed by atoms with E-state index >= 15 is 0 Å². The highest BCUT2D eigenvalue weighted by Crippen LogP contribution is 2.41. The summed E-state index contributed by atoms with van der Waals surface area (Å²) in [6, 6.07) is 63.5. The molecule has 0 aliphatic carbocycles. The van der Waals surface area contributed by atoms with Gasteiger partial charge < -0.3 is 13.7 Å². The van der Waals surface area contributed by atoms with Gasteiger partial charge in [-0.15, -0.1) is 0 Å². The van der Waals surface area contributed by atoms with E-state index in [0.717, 1.165) is 61.2 Å². The summed E-state index contributed by atoms with van der Waals surface area (Å²) >= 11 is 0. The summed E-state index contributed by atoms with van der Waals surface area (Å²) in [6.07, 6.45) is 0. The molecule has 0 saturated heterocycles. The van der Waals surface area contributed by atoms with Crippen LogP contribution in [0, 0.1) is 0 Å². The molecular formula is C47H30N2O2. The Morgan fingerprint density at radius 1 is 0.392 bits per heavy atom. The fourth-order valence-electron chi connectivity index (χ4n) is 7.23. The van der Waals surface area contributed by atoms with Gasteiger partial charge in [0.25, 0.3) is 0 Å². The minimum Gasteiger partial charge on any atom is -0.455 e. The second kappa shape index (κ2) is 11.9. The van der Waals surface area contributed by atoms with Crippen molar-refractivity contribution in [3.05, 3.63) is 182 Å². The van der Waals surface area contributed by atoms with Crippen molar-refractivity contribution in [3.8, 4) is 33.7 Å².